The van der Waals surface area contributed by atoms with Crippen LogP contribution in [0.5, 0.6) is 0 Å². The quantitative estimate of drug-likeness (QED) is 0.135. The molecular weight excluding hydrogens is 849 g/mol. The van der Waals surface area contributed by atoms with Crippen LogP contribution in [-0.4, -0.2) is 0 Å². The van der Waals surface area contributed by atoms with Crippen LogP contribution in [0, 0.1) is 69.2 Å². The summed E-state index contributed by atoms with van der Waals surface area (Å²) in [6.45, 7) is 24.3. The molecule has 0 radical (unpaired) electrons. The first-order chi connectivity index (χ1) is 35.8. The normalized spacial score (nSPS) is 12.7. The van der Waals surface area contributed by atoms with Crippen LogP contribution in [0.2, 0.25) is 0 Å². The lowest BCUT2D eigenvalue weighted by atomic mass is 9.99. The maximum atomic E-state index is 7.91. The molecule has 0 N–H and O–H groups in total. The number of rotatable bonds is 8. The van der Waals surface area contributed by atoms with Gasteiger partial charge in [0.1, 0.15) is 28.2 Å². The van der Waals surface area contributed by atoms with Gasteiger partial charge in [-0.1, -0.05) is 98.5 Å². The molecule has 0 saturated carbocycles. The van der Waals surface area contributed by atoms with Gasteiger partial charge in [-0.25, -0.2) is 18.3 Å². The van der Waals surface area contributed by atoms with Crippen LogP contribution in [0.4, 0.5) is 0 Å². The minimum absolute atomic E-state index is 0.331. The van der Waals surface area contributed by atoms with E-state index in [9.17, 15) is 0 Å². The van der Waals surface area contributed by atoms with Crippen LogP contribution in [-0.2, 0) is 53.8 Å². The lowest BCUT2D eigenvalue weighted by molar-refractivity contribution is -0.661. The van der Waals surface area contributed by atoms with Gasteiger partial charge in [-0.05, 0) is 165 Å². The second-order valence-corrected chi connectivity index (χ2v) is 19.0. The van der Waals surface area contributed by atoms with Gasteiger partial charge in [-0.15, -0.1) is 0 Å². The van der Waals surface area contributed by atoms with Crippen molar-refractivity contribution in [1.29, 1.82) is 0 Å². The molecule has 0 saturated heterocycles. The Kier molecular flexibility index (Phi) is 15.9. The van der Waals surface area contributed by atoms with E-state index in [1.807, 2.05) is 55.4 Å². The molecule has 0 bridgehead atoms. The molecule has 0 spiro atoms. The van der Waals surface area contributed by atoms with Crippen LogP contribution in [0.15, 0.2) is 134 Å². The lowest BCUT2D eigenvalue weighted by Crippen LogP contribution is -2.32. The van der Waals surface area contributed by atoms with Gasteiger partial charge in [0.2, 0.25) is 22.8 Å². The fraction of sp³-hybridized carbons (Fsp3) is 0.333. The largest absolute Gasteiger partial charge is 0.212 e. The van der Waals surface area contributed by atoms with Crippen molar-refractivity contribution in [3.05, 3.63) is 212 Å². The first kappa shape index (κ1) is 44.7. The van der Waals surface area contributed by atoms with Gasteiger partial charge in [0.05, 0.1) is 0 Å². The third-order valence-corrected chi connectivity index (χ3v) is 13.2. The summed E-state index contributed by atoms with van der Waals surface area (Å²) in [6, 6.07) is 37.3. The Morgan fingerprint density at radius 2 is 0.700 bits per heavy atom. The zero-order valence-electron chi connectivity index (χ0n) is 52.4. The highest BCUT2D eigenvalue weighted by Crippen LogP contribution is 2.26. The summed E-state index contributed by atoms with van der Waals surface area (Å²) in [7, 11) is 8.09. The second kappa shape index (κ2) is 24.9. The Hall–Kier alpha value is -6.52. The van der Waals surface area contributed by atoms with E-state index in [1.54, 1.807) is 31.3 Å². The smallest absolute Gasteiger partial charge is 0.201 e. The van der Waals surface area contributed by atoms with Crippen molar-refractivity contribution in [2.75, 3.05) is 0 Å². The van der Waals surface area contributed by atoms with Crippen LogP contribution in [0.25, 0.3) is 45.0 Å². The number of benzene rings is 4. The Morgan fingerprint density at radius 3 is 1.07 bits per heavy atom. The van der Waals surface area contributed by atoms with Crippen molar-refractivity contribution in [2.24, 2.45) is 28.2 Å². The summed E-state index contributed by atoms with van der Waals surface area (Å²) >= 11 is 0. The summed E-state index contributed by atoms with van der Waals surface area (Å²) in [5, 5.41) is 0. The third kappa shape index (κ3) is 13.8. The minimum atomic E-state index is -2.10. The van der Waals surface area contributed by atoms with E-state index in [0.717, 1.165) is 46.5 Å². The Labute approximate surface area is 433 Å². The molecule has 364 valence electrons. The molecule has 0 atom stereocenters. The molecular formula is C66H84N4+4. The number of nitrogens with zero attached hydrogens (tertiary/aromatic N) is 4. The third-order valence-electron chi connectivity index (χ3n) is 13.2. The molecule has 8 rings (SSSR count). The summed E-state index contributed by atoms with van der Waals surface area (Å²) in [4.78, 5) is 0. The molecule has 0 fully saturated rings. The second-order valence-electron chi connectivity index (χ2n) is 19.0. The van der Waals surface area contributed by atoms with Gasteiger partial charge >= 0.3 is 0 Å². The average Bonchev–Trinajstić information content (AvgIpc) is 3.33. The summed E-state index contributed by atoms with van der Waals surface area (Å²) in [5.41, 5.74) is 25.0. The van der Waals surface area contributed by atoms with Crippen molar-refractivity contribution >= 4 is 0 Å². The monoisotopic (exact) mass is 940 g/mol. The number of hydrogen-bond acceptors (Lipinski definition) is 0. The highest BCUT2D eigenvalue weighted by molar-refractivity contribution is 5.65. The minimum Gasteiger partial charge on any atom is -0.201 e. The standard InChI is InChI=1S/2C17H22N.2C16H20N/c2*1-6-15-11-18(5)17(10-13(15)3)16-8-7-12(2)9-14(16)4;2*1-5-14-7-9-16(17(4)11-14)15-8-6-12(2)10-13(15)3/h2*7-11H,6H2,1-5H3;2*6-11H,5H2,1-4H3/q4*+1/i6D2;;2D3,5D2;. The maximum Gasteiger partial charge on any atom is 0.212 e. The maximum absolute atomic E-state index is 7.91. The molecule has 0 aliphatic rings. The zero-order chi connectivity index (χ0) is 57.5. The summed E-state index contributed by atoms with van der Waals surface area (Å²) < 4.78 is 62.1. The Bertz CT molecular complexity index is 3320. The van der Waals surface area contributed by atoms with E-state index in [2.05, 4.69) is 177 Å². The first-order valence-corrected chi connectivity index (χ1v) is 24.7. The van der Waals surface area contributed by atoms with E-state index < -0.39 is 19.6 Å². The van der Waals surface area contributed by atoms with Gasteiger partial charge in [-0.2, -0.15) is 0 Å². The van der Waals surface area contributed by atoms with E-state index in [-0.39, 0.29) is 0 Å². The number of pyridine rings is 4. The number of hydrogen-bond donors (Lipinski definition) is 0. The molecule has 4 heteroatoms. The zero-order valence-corrected chi connectivity index (χ0v) is 45.4. The molecule has 4 aromatic carbocycles. The van der Waals surface area contributed by atoms with Crippen molar-refractivity contribution in [3.63, 3.8) is 0 Å². The molecule has 0 amide bonds. The van der Waals surface area contributed by atoms with Gasteiger partial charge in [0.15, 0.2) is 24.8 Å². The van der Waals surface area contributed by atoms with Gasteiger partial charge < -0.3 is 0 Å². The molecule has 4 aromatic heterocycles. The highest BCUT2D eigenvalue weighted by atomic mass is 14.9. The van der Waals surface area contributed by atoms with Gasteiger partial charge in [0.25, 0.3) is 0 Å². The summed E-state index contributed by atoms with van der Waals surface area (Å²) in [6.07, 6.45) is 7.61. The number of aryl methyl sites for hydroxylation is 18. The average molecular weight is 940 g/mol. The van der Waals surface area contributed by atoms with Gasteiger partial charge in [0, 0.05) is 78.4 Å². The predicted octanol–water partition coefficient (Wildman–Crippen LogP) is 14.0. The van der Waals surface area contributed by atoms with Crippen LogP contribution in [0.1, 0.15) is 115 Å². The lowest BCUT2D eigenvalue weighted by Gasteiger charge is -2.08. The van der Waals surface area contributed by atoms with E-state index >= 15 is 0 Å². The van der Waals surface area contributed by atoms with E-state index in [0.29, 0.717) is 11.1 Å². The molecule has 70 heavy (non-hydrogen) atoms. The van der Waals surface area contributed by atoms with Crippen molar-refractivity contribution in [1.82, 2.24) is 0 Å². The van der Waals surface area contributed by atoms with Crippen LogP contribution >= 0.6 is 0 Å². The van der Waals surface area contributed by atoms with Crippen molar-refractivity contribution < 1.29 is 27.9 Å². The Morgan fingerprint density at radius 1 is 0.343 bits per heavy atom. The fourth-order valence-electron chi connectivity index (χ4n) is 9.16. The predicted molar refractivity (Wildman–Crippen MR) is 297 cm³/mol. The van der Waals surface area contributed by atoms with Gasteiger partial charge in [-0.3, -0.25) is 0 Å². The molecule has 0 aliphatic carbocycles. The molecule has 4 heterocycles. The fourth-order valence-corrected chi connectivity index (χ4v) is 9.16. The molecule has 0 unspecified atom stereocenters. The van der Waals surface area contributed by atoms with Crippen molar-refractivity contribution in [3.8, 4) is 45.0 Å². The SMILES string of the molecule is CCc1c[n+](C)c(-c2ccc(C)cc2C)cc1C.CCc1ccc(-c2ccc(C)cc2C)[n+](C)c1.[2H]C([2H])(C)c1c[n+](C)c(-c2ccc(C)cc2C)cc1C.[2H]C([2H])([2H])c1ccc(-c2ccc(C([2H])([2H])C)c[n+]2C)c(C)c1. The van der Waals surface area contributed by atoms with Crippen LogP contribution in [0.3, 0.4) is 0 Å². The highest BCUT2D eigenvalue weighted by Gasteiger charge is 2.17. The van der Waals surface area contributed by atoms with Crippen LogP contribution < -0.4 is 18.3 Å². The molecule has 8 aromatic rings. The van der Waals surface area contributed by atoms with Crippen molar-refractivity contribution in [2.45, 2.75) is 122 Å². The molecule has 0 aliphatic heterocycles. The topological polar surface area (TPSA) is 15.5 Å². The van der Waals surface area contributed by atoms with E-state index in [4.69, 9.17) is 9.60 Å². The Balaban J connectivity index is 0.000000190. The van der Waals surface area contributed by atoms with E-state index in [1.165, 1.54) is 85.1 Å². The number of aromatic nitrogens is 4. The molecule has 4 nitrogen and oxygen atoms in total. The first-order valence-electron chi connectivity index (χ1n) is 28.2. The summed E-state index contributed by atoms with van der Waals surface area (Å²) in [5.74, 6) is 0.